The van der Waals surface area contributed by atoms with Gasteiger partial charge in [0.1, 0.15) is 0 Å². The molecule has 1 saturated heterocycles. The van der Waals surface area contributed by atoms with E-state index in [2.05, 4.69) is 15.2 Å². The number of benzene rings is 1. The van der Waals surface area contributed by atoms with Gasteiger partial charge in [0, 0.05) is 41.8 Å². The number of aromatic amines is 1. The molecule has 2 heterocycles. The lowest BCUT2D eigenvalue weighted by Crippen LogP contribution is -2.37. The van der Waals surface area contributed by atoms with Gasteiger partial charge in [-0.25, -0.2) is 0 Å². The van der Waals surface area contributed by atoms with Crippen LogP contribution in [-0.4, -0.2) is 53.2 Å². The van der Waals surface area contributed by atoms with Crippen LogP contribution in [-0.2, 0) is 11.2 Å². The van der Waals surface area contributed by atoms with Crippen molar-refractivity contribution in [1.82, 2.24) is 15.2 Å². The molecule has 1 aliphatic heterocycles. The summed E-state index contributed by atoms with van der Waals surface area (Å²) in [4.78, 5) is 17.6. The number of fused-ring (bicyclic) bond motifs is 1. The first-order valence-corrected chi connectivity index (χ1v) is 8.92. The molecule has 0 radical (unpaired) electrons. The zero-order valence-corrected chi connectivity index (χ0v) is 14.5. The van der Waals surface area contributed by atoms with Gasteiger partial charge in [0.2, 0.25) is 5.91 Å². The maximum atomic E-state index is 12.1. The van der Waals surface area contributed by atoms with Crippen LogP contribution in [0, 0.1) is 0 Å². The van der Waals surface area contributed by atoms with E-state index in [0.29, 0.717) is 18.0 Å². The van der Waals surface area contributed by atoms with Crippen molar-refractivity contribution in [3.8, 4) is 0 Å². The normalized spacial score (nSPS) is 16.6. The molecule has 2 aromatic rings. The lowest BCUT2D eigenvalue weighted by Gasteiger charge is -2.29. The van der Waals surface area contributed by atoms with Crippen LogP contribution in [0.25, 0.3) is 10.9 Å². The number of carbonyl (C=O) groups is 1. The number of rotatable bonds is 6. The third-order valence-corrected chi connectivity index (χ3v) is 4.85. The maximum Gasteiger partial charge on any atom is 0.224 e. The monoisotopic (exact) mass is 349 g/mol. The Kier molecular flexibility index (Phi) is 5.76. The summed E-state index contributed by atoms with van der Waals surface area (Å²) in [5, 5.41) is 14.2. The van der Waals surface area contributed by atoms with Gasteiger partial charge in [-0.3, -0.25) is 4.79 Å². The minimum atomic E-state index is -0.134. The van der Waals surface area contributed by atoms with Gasteiger partial charge < -0.3 is 20.3 Å². The molecule has 5 nitrogen and oxygen atoms in total. The van der Waals surface area contributed by atoms with Crippen LogP contribution in [0.4, 0.5) is 0 Å². The van der Waals surface area contributed by atoms with E-state index in [9.17, 15) is 9.90 Å². The van der Waals surface area contributed by atoms with Crippen molar-refractivity contribution in [2.75, 3.05) is 26.2 Å². The predicted molar refractivity (Wildman–Crippen MR) is 96.3 cm³/mol. The van der Waals surface area contributed by atoms with Crippen molar-refractivity contribution in [2.24, 2.45) is 0 Å². The van der Waals surface area contributed by atoms with E-state index in [1.807, 2.05) is 24.4 Å². The van der Waals surface area contributed by atoms with Crippen molar-refractivity contribution < 1.29 is 9.90 Å². The Morgan fingerprint density at radius 1 is 1.38 bits per heavy atom. The molecule has 0 bridgehead atoms. The fourth-order valence-corrected chi connectivity index (χ4v) is 3.38. The minimum absolute atomic E-state index is 0.0324. The Bertz CT molecular complexity index is 693. The summed E-state index contributed by atoms with van der Waals surface area (Å²) in [6.45, 7) is 3.55. The standard InChI is InChI=1S/C18H24ClN3O2/c19-14-2-3-17-16(11-14)13(12-21-17)10-18(24)20-6-1-7-22-8-4-15(23)5-9-22/h2-3,11-12,15,21,23H,1,4-10H2,(H,20,24). The van der Waals surface area contributed by atoms with Crippen LogP contribution in [0.2, 0.25) is 5.02 Å². The molecule has 1 amide bonds. The molecule has 0 spiro atoms. The van der Waals surface area contributed by atoms with Crippen molar-refractivity contribution in [2.45, 2.75) is 31.8 Å². The quantitative estimate of drug-likeness (QED) is 0.701. The second-order valence-corrected chi connectivity index (χ2v) is 6.89. The molecular formula is C18H24ClN3O2. The largest absolute Gasteiger partial charge is 0.393 e. The summed E-state index contributed by atoms with van der Waals surface area (Å²) in [7, 11) is 0. The highest BCUT2D eigenvalue weighted by atomic mass is 35.5. The third-order valence-electron chi connectivity index (χ3n) is 4.61. The number of amides is 1. The average molecular weight is 350 g/mol. The molecule has 3 N–H and O–H groups in total. The molecule has 130 valence electrons. The second-order valence-electron chi connectivity index (χ2n) is 6.46. The van der Waals surface area contributed by atoms with Gasteiger partial charge in [0.25, 0.3) is 0 Å². The SMILES string of the molecule is O=C(Cc1c[nH]c2ccc(Cl)cc12)NCCCN1CCC(O)CC1. The van der Waals surface area contributed by atoms with Crippen molar-refractivity contribution in [1.29, 1.82) is 0 Å². The highest BCUT2D eigenvalue weighted by Gasteiger charge is 2.16. The highest BCUT2D eigenvalue weighted by molar-refractivity contribution is 6.31. The summed E-state index contributed by atoms with van der Waals surface area (Å²) in [5.41, 5.74) is 1.96. The fourth-order valence-electron chi connectivity index (χ4n) is 3.21. The van der Waals surface area contributed by atoms with E-state index < -0.39 is 0 Å². The molecule has 6 heteroatoms. The summed E-state index contributed by atoms with van der Waals surface area (Å²) in [6.07, 6.45) is 4.74. The fraction of sp³-hybridized carbons (Fsp3) is 0.500. The number of halogens is 1. The van der Waals surface area contributed by atoms with E-state index >= 15 is 0 Å². The van der Waals surface area contributed by atoms with E-state index in [1.54, 1.807) is 0 Å². The predicted octanol–water partition coefficient (Wildman–Crippen LogP) is 2.33. The Morgan fingerprint density at radius 2 is 2.17 bits per heavy atom. The Hall–Kier alpha value is -1.56. The van der Waals surface area contributed by atoms with E-state index in [-0.39, 0.29) is 12.0 Å². The van der Waals surface area contributed by atoms with Crippen LogP contribution in [0.3, 0.4) is 0 Å². The molecule has 0 saturated carbocycles. The lowest BCUT2D eigenvalue weighted by atomic mass is 10.1. The van der Waals surface area contributed by atoms with Crippen molar-refractivity contribution in [3.63, 3.8) is 0 Å². The number of aromatic nitrogens is 1. The number of hydrogen-bond acceptors (Lipinski definition) is 3. The zero-order valence-electron chi connectivity index (χ0n) is 13.7. The summed E-state index contributed by atoms with van der Waals surface area (Å²) < 4.78 is 0. The van der Waals surface area contributed by atoms with Gasteiger partial charge >= 0.3 is 0 Å². The second kappa shape index (κ2) is 8.01. The number of hydrogen-bond donors (Lipinski definition) is 3. The first-order chi connectivity index (χ1) is 11.6. The third kappa shape index (κ3) is 4.50. The van der Waals surface area contributed by atoms with Gasteiger partial charge in [-0.1, -0.05) is 11.6 Å². The Morgan fingerprint density at radius 3 is 2.96 bits per heavy atom. The van der Waals surface area contributed by atoms with Crippen LogP contribution in [0.1, 0.15) is 24.8 Å². The van der Waals surface area contributed by atoms with Crippen molar-refractivity contribution in [3.05, 3.63) is 35.0 Å². The number of H-pyrrole nitrogens is 1. The molecular weight excluding hydrogens is 326 g/mol. The summed E-state index contributed by atoms with van der Waals surface area (Å²) in [6, 6.07) is 5.65. The van der Waals surface area contributed by atoms with Gasteiger partial charge in [0.05, 0.1) is 12.5 Å². The Balaban J connectivity index is 1.41. The smallest absolute Gasteiger partial charge is 0.224 e. The number of aliphatic hydroxyl groups excluding tert-OH is 1. The number of aliphatic hydroxyl groups is 1. The van der Waals surface area contributed by atoms with Crippen LogP contribution in [0.15, 0.2) is 24.4 Å². The van der Waals surface area contributed by atoms with Gasteiger partial charge in [-0.15, -0.1) is 0 Å². The first kappa shape index (κ1) is 17.3. The number of carbonyl (C=O) groups excluding carboxylic acids is 1. The van der Waals surface area contributed by atoms with E-state index in [4.69, 9.17) is 11.6 Å². The van der Waals surface area contributed by atoms with Gasteiger partial charge in [0.15, 0.2) is 0 Å². The van der Waals surface area contributed by atoms with Crippen LogP contribution < -0.4 is 5.32 Å². The number of likely N-dealkylation sites (tertiary alicyclic amines) is 1. The molecule has 1 fully saturated rings. The number of piperidine rings is 1. The molecule has 0 aliphatic carbocycles. The molecule has 0 unspecified atom stereocenters. The van der Waals surface area contributed by atoms with Gasteiger partial charge in [-0.05, 0) is 49.6 Å². The Labute approximate surface area is 147 Å². The summed E-state index contributed by atoms with van der Waals surface area (Å²) in [5.74, 6) is 0.0324. The molecule has 1 aromatic heterocycles. The average Bonchev–Trinajstić information content (AvgIpc) is 2.95. The molecule has 0 atom stereocenters. The first-order valence-electron chi connectivity index (χ1n) is 8.54. The highest BCUT2D eigenvalue weighted by Crippen LogP contribution is 2.22. The minimum Gasteiger partial charge on any atom is -0.393 e. The number of nitrogens with zero attached hydrogens (tertiary/aromatic N) is 1. The lowest BCUT2D eigenvalue weighted by molar-refractivity contribution is -0.120. The van der Waals surface area contributed by atoms with Gasteiger partial charge in [-0.2, -0.15) is 0 Å². The zero-order chi connectivity index (χ0) is 16.9. The molecule has 1 aromatic carbocycles. The maximum absolute atomic E-state index is 12.1. The topological polar surface area (TPSA) is 68.4 Å². The van der Waals surface area contributed by atoms with E-state index in [1.165, 1.54) is 0 Å². The summed E-state index contributed by atoms with van der Waals surface area (Å²) >= 11 is 6.03. The molecule has 24 heavy (non-hydrogen) atoms. The number of nitrogens with one attached hydrogen (secondary N) is 2. The van der Waals surface area contributed by atoms with Crippen LogP contribution >= 0.6 is 11.6 Å². The molecule has 1 aliphatic rings. The van der Waals surface area contributed by atoms with E-state index in [0.717, 1.165) is 55.4 Å². The molecule has 3 rings (SSSR count). The van der Waals surface area contributed by atoms with Crippen LogP contribution in [0.5, 0.6) is 0 Å². The van der Waals surface area contributed by atoms with Crippen molar-refractivity contribution >= 4 is 28.4 Å².